The van der Waals surface area contributed by atoms with Gasteiger partial charge in [-0.3, -0.25) is 9.20 Å². The van der Waals surface area contributed by atoms with Gasteiger partial charge in [0.15, 0.2) is 0 Å². The standard InChI is InChI=1S/C14H20N4O2/c1-2-4-12-15-16-13-14(19)17(6-7-18(12)13)9-11-5-3-8-20-10-11/h6-7,11H,2-5,8-10H2,1H3/t11-/m0/s1. The molecule has 0 aromatic carbocycles. The lowest BCUT2D eigenvalue weighted by atomic mass is 10.0. The maximum Gasteiger partial charge on any atom is 0.296 e. The number of fused-ring (bicyclic) bond motifs is 1. The number of hydrogen-bond donors (Lipinski definition) is 0. The highest BCUT2D eigenvalue weighted by molar-refractivity contribution is 5.34. The van der Waals surface area contributed by atoms with Gasteiger partial charge in [0, 0.05) is 37.9 Å². The second kappa shape index (κ2) is 5.75. The van der Waals surface area contributed by atoms with Crippen LogP contribution in [0.2, 0.25) is 0 Å². The minimum atomic E-state index is -0.0621. The Morgan fingerprint density at radius 1 is 1.40 bits per heavy atom. The zero-order chi connectivity index (χ0) is 13.9. The SMILES string of the molecule is CCCc1nnc2c(=O)n(C[C@@H]3CCCOC3)ccn12. The third-order valence-electron chi connectivity index (χ3n) is 3.80. The van der Waals surface area contributed by atoms with E-state index < -0.39 is 0 Å². The van der Waals surface area contributed by atoms with Crippen LogP contribution in [-0.4, -0.2) is 32.4 Å². The Bertz CT molecular complexity index is 640. The summed E-state index contributed by atoms with van der Waals surface area (Å²) in [5.74, 6) is 1.27. The summed E-state index contributed by atoms with van der Waals surface area (Å²) in [6, 6.07) is 0. The van der Waals surface area contributed by atoms with E-state index in [9.17, 15) is 4.79 Å². The van der Waals surface area contributed by atoms with Crippen molar-refractivity contribution in [1.29, 1.82) is 0 Å². The van der Waals surface area contributed by atoms with Crippen molar-refractivity contribution < 1.29 is 4.74 Å². The van der Waals surface area contributed by atoms with Crippen molar-refractivity contribution in [3.05, 3.63) is 28.6 Å². The van der Waals surface area contributed by atoms with Crippen LogP contribution in [0.15, 0.2) is 17.2 Å². The van der Waals surface area contributed by atoms with E-state index in [2.05, 4.69) is 17.1 Å². The molecule has 6 heteroatoms. The Balaban J connectivity index is 1.89. The first-order chi connectivity index (χ1) is 9.79. The predicted molar refractivity (Wildman–Crippen MR) is 74.8 cm³/mol. The molecule has 1 fully saturated rings. The van der Waals surface area contributed by atoms with Crippen molar-refractivity contribution in [1.82, 2.24) is 19.2 Å². The lowest BCUT2D eigenvalue weighted by Crippen LogP contribution is -2.29. The van der Waals surface area contributed by atoms with Crippen molar-refractivity contribution in [2.45, 2.75) is 39.2 Å². The maximum atomic E-state index is 12.4. The number of ether oxygens (including phenoxy) is 1. The van der Waals surface area contributed by atoms with Crippen molar-refractivity contribution in [3.8, 4) is 0 Å². The summed E-state index contributed by atoms with van der Waals surface area (Å²) in [4.78, 5) is 12.4. The molecule has 108 valence electrons. The fourth-order valence-electron chi connectivity index (χ4n) is 2.74. The Kier molecular flexibility index (Phi) is 3.82. The molecule has 1 aliphatic heterocycles. The van der Waals surface area contributed by atoms with Gasteiger partial charge in [-0.2, -0.15) is 0 Å². The van der Waals surface area contributed by atoms with E-state index in [-0.39, 0.29) is 5.56 Å². The normalized spacial score (nSPS) is 19.6. The van der Waals surface area contributed by atoms with Gasteiger partial charge >= 0.3 is 0 Å². The molecule has 0 radical (unpaired) electrons. The quantitative estimate of drug-likeness (QED) is 0.843. The number of aromatic nitrogens is 4. The van der Waals surface area contributed by atoms with E-state index >= 15 is 0 Å². The highest BCUT2D eigenvalue weighted by atomic mass is 16.5. The first-order valence-electron chi connectivity index (χ1n) is 7.30. The molecule has 6 nitrogen and oxygen atoms in total. The summed E-state index contributed by atoms with van der Waals surface area (Å²) in [6.45, 7) is 4.37. The molecule has 1 atom stereocenters. The van der Waals surface area contributed by atoms with Gasteiger partial charge in [-0.1, -0.05) is 6.92 Å². The Hall–Kier alpha value is -1.69. The molecule has 0 aliphatic carbocycles. The van der Waals surface area contributed by atoms with Crippen molar-refractivity contribution in [2.24, 2.45) is 5.92 Å². The minimum Gasteiger partial charge on any atom is -0.381 e. The van der Waals surface area contributed by atoms with Crippen LogP contribution < -0.4 is 5.56 Å². The monoisotopic (exact) mass is 276 g/mol. The van der Waals surface area contributed by atoms with Gasteiger partial charge in [-0.15, -0.1) is 10.2 Å². The van der Waals surface area contributed by atoms with Crippen molar-refractivity contribution in [2.75, 3.05) is 13.2 Å². The fraction of sp³-hybridized carbons (Fsp3) is 0.643. The van der Waals surface area contributed by atoms with Crippen LogP contribution >= 0.6 is 0 Å². The van der Waals surface area contributed by atoms with Crippen LogP contribution in [0, 0.1) is 5.92 Å². The van der Waals surface area contributed by atoms with Crippen LogP contribution in [-0.2, 0) is 17.7 Å². The van der Waals surface area contributed by atoms with Crippen LogP contribution in [0.1, 0.15) is 32.0 Å². The first kappa shape index (κ1) is 13.3. The smallest absolute Gasteiger partial charge is 0.296 e. The average Bonchev–Trinajstić information content (AvgIpc) is 2.88. The molecule has 0 saturated carbocycles. The van der Waals surface area contributed by atoms with Gasteiger partial charge in [0.05, 0.1) is 6.61 Å². The number of aryl methyl sites for hydroxylation is 1. The summed E-state index contributed by atoms with van der Waals surface area (Å²) >= 11 is 0. The highest BCUT2D eigenvalue weighted by Crippen LogP contribution is 2.15. The van der Waals surface area contributed by atoms with Gasteiger partial charge in [0.25, 0.3) is 5.56 Å². The lowest BCUT2D eigenvalue weighted by molar-refractivity contribution is 0.0480. The molecule has 0 bridgehead atoms. The molecule has 0 spiro atoms. The summed E-state index contributed by atoms with van der Waals surface area (Å²) in [5.41, 5.74) is 0.362. The predicted octanol–water partition coefficient (Wildman–Crippen LogP) is 1.27. The lowest BCUT2D eigenvalue weighted by Gasteiger charge is -2.22. The Morgan fingerprint density at radius 3 is 3.05 bits per heavy atom. The molecule has 2 aromatic heterocycles. The molecule has 3 heterocycles. The molecule has 0 N–H and O–H groups in total. The van der Waals surface area contributed by atoms with Crippen LogP contribution in [0.25, 0.3) is 5.65 Å². The molecular weight excluding hydrogens is 256 g/mol. The van der Waals surface area contributed by atoms with Crippen molar-refractivity contribution >= 4 is 5.65 Å². The number of hydrogen-bond acceptors (Lipinski definition) is 4. The highest BCUT2D eigenvalue weighted by Gasteiger charge is 2.16. The van der Waals surface area contributed by atoms with E-state index in [1.165, 1.54) is 0 Å². The summed E-state index contributed by atoms with van der Waals surface area (Å²) in [7, 11) is 0. The van der Waals surface area contributed by atoms with E-state index in [1.54, 1.807) is 8.97 Å². The number of nitrogens with zero attached hydrogens (tertiary/aromatic N) is 4. The van der Waals surface area contributed by atoms with Crippen molar-refractivity contribution in [3.63, 3.8) is 0 Å². The molecule has 1 saturated heterocycles. The Labute approximate surface area is 117 Å². The summed E-state index contributed by atoms with van der Waals surface area (Å²) in [6.07, 6.45) is 7.75. The van der Waals surface area contributed by atoms with Gasteiger partial charge in [0.2, 0.25) is 5.65 Å². The van der Waals surface area contributed by atoms with E-state index in [0.717, 1.165) is 44.7 Å². The zero-order valence-electron chi connectivity index (χ0n) is 11.8. The topological polar surface area (TPSA) is 61.4 Å². The molecular formula is C14H20N4O2. The fourth-order valence-corrected chi connectivity index (χ4v) is 2.74. The zero-order valence-corrected chi connectivity index (χ0v) is 11.8. The number of rotatable bonds is 4. The van der Waals surface area contributed by atoms with Crippen LogP contribution in [0.5, 0.6) is 0 Å². The second-order valence-corrected chi connectivity index (χ2v) is 5.40. The molecule has 3 rings (SSSR count). The van der Waals surface area contributed by atoms with Gasteiger partial charge in [-0.25, -0.2) is 0 Å². The molecule has 0 amide bonds. The molecule has 20 heavy (non-hydrogen) atoms. The third kappa shape index (κ3) is 2.47. The third-order valence-corrected chi connectivity index (χ3v) is 3.80. The largest absolute Gasteiger partial charge is 0.381 e. The van der Waals surface area contributed by atoms with Crippen LogP contribution in [0.4, 0.5) is 0 Å². The Morgan fingerprint density at radius 2 is 2.30 bits per heavy atom. The average molecular weight is 276 g/mol. The second-order valence-electron chi connectivity index (χ2n) is 5.40. The summed E-state index contributed by atoms with van der Waals surface area (Å²) < 4.78 is 9.01. The molecule has 0 unspecified atom stereocenters. The van der Waals surface area contributed by atoms with Gasteiger partial charge in [0.1, 0.15) is 5.82 Å². The molecule has 2 aromatic rings. The summed E-state index contributed by atoms with van der Waals surface area (Å²) in [5, 5.41) is 8.15. The van der Waals surface area contributed by atoms with E-state index in [1.807, 2.05) is 12.4 Å². The molecule has 1 aliphatic rings. The first-order valence-corrected chi connectivity index (χ1v) is 7.30. The van der Waals surface area contributed by atoms with Crippen LogP contribution in [0.3, 0.4) is 0 Å². The van der Waals surface area contributed by atoms with E-state index in [0.29, 0.717) is 18.1 Å². The van der Waals surface area contributed by atoms with Gasteiger partial charge < -0.3 is 9.30 Å². The minimum absolute atomic E-state index is 0.0621. The van der Waals surface area contributed by atoms with Gasteiger partial charge in [-0.05, 0) is 19.3 Å². The van der Waals surface area contributed by atoms with E-state index in [4.69, 9.17) is 4.74 Å². The maximum absolute atomic E-state index is 12.4.